The fraction of sp³-hybridized carbons (Fsp3) is 0.435. The van der Waals surface area contributed by atoms with Gasteiger partial charge in [-0.25, -0.2) is 4.79 Å². The van der Waals surface area contributed by atoms with Crippen LogP contribution in [0.4, 0.5) is 0 Å². The number of carbonyl (C=O) groups excluding carboxylic acids is 2. The minimum atomic E-state index is -0.824. The molecule has 1 aromatic heterocycles. The quantitative estimate of drug-likeness (QED) is 0.277. The molecule has 7 heteroatoms. The van der Waals surface area contributed by atoms with E-state index in [1.54, 1.807) is 13.0 Å². The molecule has 0 amide bonds. The smallest absolute Gasteiger partial charge is 0.336 e. The molecule has 2 N–H and O–H groups in total. The molecule has 0 aliphatic heterocycles. The molecule has 0 saturated carbocycles. The molecule has 1 heterocycles. The molecule has 7 nitrogen and oxygen atoms in total. The van der Waals surface area contributed by atoms with Gasteiger partial charge in [-0.1, -0.05) is 25.5 Å². The fourth-order valence-electron chi connectivity index (χ4n) is 3.38. The summed E-state index contributed by atoms with van der Waals surface area (Å²) in [5.41, 5.74) is 0.235. The van der Waals surface area contributed by atoms with Crippen molar-refractivity contribution in [3.05, 3.63) is 44.8 Å². The Hall–Kier alpha value is -3.09. The van der Waals surface area contributed by atoms with Crippen molar-refractivity contribution >= 4 is 22.7 Å². The van der Waals surface area contributed by atoms with Gasteiger partial charge in [0, 0.05) is 30.5 Å². The number of allylic oxidation sites excluding steroid dienone is 2. The monoisotopic (exact) mass is 416 g/mol. The Bertz CT molecular complexity index is 1060. The van der Waals surface area contributed by atoms with Crippen molar-refractivity contribution in [2.24, 2.45) is 0 Å². The summed E-state index contributed by atoms with van der Waals surface area (Å²) in [6.07, 6.45) is 2.14. The predicted molar refractivity (Wildman–Crippen MR) is 113 cm³/mol. The van der Waals surface area contributed by atoms with Crippen LogP contribution < -0.4 is 5.63 Å². The number of ether oxygens (including phenoxy) is 1. The van der Waals surface area contributed by atoms with E-state index in [1.807, 2.05) is 20.8 Å². The minimum Gasteiger partial charge on any atom is -0.507 e. The van der Waals surface area contributed by atoms with Crippen LogP contribution in [0.25, 0.3) is 11.0 Å². The van der Waals surface area contributed by atoms with E-state index in [2.05, 4.69) is 0 Å². The third-order valence-corrected chi connectivity index (χ3v) is 4.76. The number of Topliss-reactive ketones (excluding diaryl/α,β-unsaturated/α-hetero) is 1. The molecule has 1 atom stereocenters. The summed E-state index contributed by atoms with van der Waals surface area (Å²) < 4.78 is 10.6. The number of rotatable bonds is 8. The molecule has 0 aliphatic rings. The van der Waals surface area contributed by atoms with Crippen LogP contribution in [-0.2, 0) is 16.0 Å². The van der Waals surface area contributed by atoms with E-state index in [0.29, 0.717) is 12.8 Å². The van der Waals surface area contributed by atoms with Gasteiger partial charge in [-0.3, -0.25) is 9.59 Å². The van der Waals surface area contributed by atoms with E-state index in [9.17, 15) is 24.6 Å². The summed E-state index contributed by atoms with van der Waals surface area (Å²) >= 11 is 0. The van der Waals surface area contributed by atoms with Gasteiger partial charge in [0.1, 0.15) is 23.2 Å². The number of ketones is 1. The molecule has 30 heavy (non-hydrogen) atoms. The van der Waals surface area contributed by atoms with Crippen molar-refractivity contribution in [2.75, 3.05) is 0 Å². The maximum atomic E-state index is 12.8. The van der Waals surface area contributed by atoms with Crippen molar-refractivity contribution in [1.82, 2.24) is 0 Å². The second kappa shape index (κ2) is 9.61. The molecule has 162 valence electrons. The van der Waals surface area contributed by atoms with Crippen LogP contribution in [0.2, 0.25) is 0 Å². The van der Waals surface area contributed by atoms with Crippen LogP contribution in [0.3, 0.4) is 0 Å². The van der Waals surface area contributed by atoms with Crippen LogP contribution in [-0.4, -0.2) is 22.0 Å². The molecular weight excluding hydrogens is 388 g/mol. The summed E-state index contributed by atoms with van der Waals surface area (Å²) in [4.78, 5) is 36.7. The van der Waals surface area contributed by atoms with Crippen molar-refractivity contribution in [2.45, 2.75) is 66.4 Å². The van der Waals surface area contributed by atoms with Crippen molar-refractivity contribution in [3.8, 4) is 11.5 Å². The van der Waals surface area contributed by atoms with Gasteiger partial charge < -0.3 is 19.4 Å². The molecule has 0 aliphatic carbocycles. The Morgan fingerprint density at radius 1 is 1.17 bits per heavy atom. The molecular formula is C23H28O7. The van der Waals surface area contributed by atoms with E-state index in [-0.39, 0.29) is 46.3 Å². The number of hydrogen-bond donors (Lipinski definition) is 2. The van der Waals surface area contributed by atoms with Gasteiger partial charge in [0.25, 0.3) is 0 Å². The zero-order chi connectivity index (χ0) is 22.6. The van der Waals surface area contributed by atoms with Gasteiger partial charge in [-0.05, 0) is 33.1 Å². The first-order valence-corrected chi connectivity index (χ1v) is 10.0. The number of fused-ring (bicyclic) bond motifs is 1. The van der Waals surface area contributed by atoms with Crippen molar-refractivity contribution in [3.63, 3.8) is 0 Å². The topological polar surface area (TPSA) is 114 Å². The van der Waals surface area contributed by atoms with Crippen LogP contribution in [0.15, 0.2) is 26.9 Å². The third-order valence-electron chi connectivity index (χ3n) is 4.76. The summed E-state index contributed by atoms with van der Waals surface area (Å²) in [7, 11) is 0. The predicted octanol–water partition coefficient (Wildman–Crippen LogP) is 4.71. The zero-order valence-electron chi connectivity index (χ0n) is 18.0. The van der Waals surface area contributed by atoms with Gasteiger partial charge in [0.15, 0.2) is 11.4 Å². The Labute approximate surface area is 175 Å². The fourth-order valence-corrected chi connectivity index (χ4v) is 3.38. The first-order chi connectivity index (χ1) is 14.1. The van der Waals surface area contributed by atoms with Gasteiger partial charge in [-0.15, -0.1) is 0 Å². The standard InChI is InChI=1S/C23H28O7/c1-6-8-16(25)20-22(28)14(10-9-12(3)4)21(27)19-15(11-18(26)30-23(19)20)17(7-2)29-13(5)24/h9,11,17,27-28H,6-8,10H2,1-5H3. The van der Waals surface area contributed by atoms with Crippen molar-refractivity contribution in [1.29, 1.82) is 0 Å². The number of carbonyl (C=O) groups is 2. The minimum absolute atomic E-state index is 0.0945. The number of hydrogen-bond acceptors (Lipinski definition) is 7. The second-order valence-electron chi connectivity index (χ2n) is 7.44. The number of phenolic OH excluding ortho intramolecular Hbond substituents is 2. The number of esters is 1. The second-order valence-corrected chi connectivity index (χ2v) is 7.44. The first-order valence-electron chi connectivity index (χ1n) is 10.0. The number of benzene rings is 1. The molecule has 2 aromatic rings. The molecule has 0 spiro atoms. The van der Waals surface area contributed by atoms with E-state index in [0.717, 1.165) is 11.6 Å². The van der Waals surface area contributed by atoms with Crippen LogP contribution in [0.1, 0.15) is 81.5 Å². The highest BCUT2D eigenvalue weighted by Crippen LogP contribution is 2.44. The lowest BCUT2D eigenvalue weighted by molar-refractivity contribution is -0.146. The average Bonchev–Trinajstić information content (AvgIpc) is 2.65. The van der Waals surface area contributed by atoms with Gasteiger partial charge >= 0.3 is 11.6 Å². The Balaban J connectivity index is 3.00. The highest BCUT2D eigenvalue weighted by atomic mass is 16.5. The van der Waals surface area contributed by atoms with Gasteiger partial charge in [0.2, 0.25) is 0 Å². The van der Waals surface area contributed by atoms with Crippen molar-refractivity contribution < 1.29 is 29.0 Å². The van der Waals surface area contributed by atoms with E-state index in [4.69, 9.17) is 9.15 Å². The molecule has 0 radical (unpaired) electrons. The summed E-state index contributed by atoms with van der Waals surface area (Å²) in [5, 5.41) is 22.0. The summed E-state index contributed by atoms with van der Waals surface area (Å²) in [5.74, 6) is -1.66. The Kier molecular flexibility index (Phi) is 7.43. The SMILES string of the molecule is CCCC(=O)c1c(O)c(CC=C(C)C)c(O)c2c(C(CC)OC(C)=O)cc(=O)oc12. The lowest BCUT2D eigenvalue weighted by Gasteiger charge is -2.20. The molecule has 0 saturated heterocycles. The Morgan fingerprint density at radius 3 is 2.37 bits per heavy atom. The molecule has 0 bridgehead atoms. The van der Waals surface area contributed by atoms with Gasteiger partial charge in [0.05, 0.1) is 5.39 Å². The lowest BCUT2D eigenvalue weighted by atomic mass is 9.92. The van der Waals surface area contributed by atoms with E-state index in [1.165, 1.54) is 6.92 Å². The zero-order valence-corrected chi connectivity index (χ0v) is 18.0. The van der Waals surface area contributed by atoms with E-state index < -0.39 is 29.2 Å². The Morgan fingerprint density at radius 2 is 1.83 bits per heavy atom. The maximum Gasteiger partial charge on any atom is 0.336 e. The number of phenols is 2. The summed E-state index contributed by atoms with van der Waals surface area (Å²) in [6, 6.07) is 1.15. The first kappa shape index (κ1) is 23.2. The lowest BCUT2D eigenvalue weighted by Crippen LogP contribution is -2.13. The number of aromatic hydroxyl groups is 2. The molecule has 1 aromatic carbocycles. The molecule has 0 fully saturated rings. The molecule has 2 rings (SSSR count). The van der Waals surface area contributed by atoms with Gasteiger partial charge in [-0.2, -0.15) is 0 Å². The molecule has 1 unspecified atom stereocenters. The normalized spacial score (nSPS) is 11.9. The highest BCUT2D eigenvalue weighted by molar-refractivity contribution is 6.11. The van der Waals surface area contributed by atoms with Crippen LogP contribution in [0.5, 0.6) is 11.5 Å². The third kappa shape index (κ3) is 4.72. The average molecular weight is 416 g/mol. The van der Waals surface area contributed by atoms with E-state index >= 15 is 0 Å². The highest BCUT2D eigenvalue weighted by Gasteiger charge is 2.29. The largest absolute Gasteiger partial charge is 0.507 e. The summed E-state index contributed by atoms with van der Waals surface area (Å²) in [6.45, 7) is 8.57. The maximum absolute atomic E-state index is 12.8. The van der Waals surface area contributed by atoms with Crippen LogP contribution >= 0.6 is 0 Å². The van der Waals surface area contributed by atoms with Crippen LogP contribution in [0, 0.1) is 0 Å².